The summed E-state index contributed by atoms with van der Waals surface area (Å²) in [6.07, 6.45) is 0.203. The smallest absolute Gasteiger partial charge is 0.370 e. The van der Waals surface area contributed by atoms with Crippen LogP contribution in [0.4, 0.5) is 13.2 Å². The Labute approximate surface area is 141 Å². The van der Waals surface area contributed by atoms with Crippen LogP contribution in [0.15, 0.2) is 29.3 Å². The highest BCUT2D eigenvalue weighted by Crippen LogP contribution is 2.29. The van der Waals surface area contributed by atoms with Gasteiger partial charge in [-0.25, -0.2) is 4.99 Å². The zero-order valence-electron chi connectivity index (χ0n) is 14.3. The van der Waals surface area contributed by atoms with Crippen LogP contribution >= 0.6 is 0 Å². The first-order valence-corrected chi connectivity index (χ1v) is 8.50. The standard InChI is InChI=1S/C18H26F3N3/c1-13(2)11-16-5-3-4-10-24(16)17(22)23-12-14-6-8-15(9-7-14)18(19,20)21/h6-9,13,16H,3-5,10-12H2,1-2H3,(H2,22,23). The Morgan fingerprint density at radius 1 is 1.25 bits per heavy atom. The van der Waals surface area contributed by atoms with Crippen molar-refractivity contribution in [2.45, 2.75) is 58.3 Å². The number of likely N-dealkylation sites (tertiary alicyclic amines) is 1. The molecule has 134 valence electrons. The Morgan fingerprint density at radius 2 is 1.92 bits per heavy atom. The molecule has 1 aromatic carbocycles. The number of hydrogen-bond acceptors (Lipinski definition) is 1. The molecule has 3 nitrogen and oxygen atoms in total. The summed E-state index contributed by atoms with van der Waals surface area (Å²) >= 11 is 0. The highest BCUT2D eigenvalue weighted by molar-refractivity contribution is 5.78. The number of guanidine groups is 1. The first kappa shape index (κ1) is 18.6. The fraction of sp³-hybridized carbons (Fsp3) is 0.611. The molecule has 0 spiro atoms. The SMILES string of the molecule is CC(C)CC1CCCCN1C(N)=NCc1ccc(C(F)(F)F)cc1. The average molecular weight is 341 g/mol. The van der Waals surface area contributed by atoms with E-state index >= 15 is 0 Å². The Hall–Kier alpha value is -1.72. The molecular formula is C18H26F3N3. The second-order valence-corrected chi connectivity index (χ2v) is 6.84. The third kappa shape index (κ3) is 5.14. The monoisotopic (exact) mass is 341 g/mol. The molecule has 0 amide bonds. The Kier molecular flexibility index (Phi) is 6.13. The summed E-state index contributed by atoms with van der Waals surface area (Å²) in [6.45, 7) is 5.60. The lowest BCUT2D eigenvalue weighted by Crippen LogP contribution is -2.48. The van der Waals surface area contributed by atoms with Gasteiger partial charge in [-0.15, -0.1) is 0 Å². The minimum atomic E-state index is -4.31. The maximum atomic E-state index is 12.6. The number of nitrogens with zero attached hydrogens (tertiary/aromatic N) is 2. The average Bonchev–Trinajstić information content (AvgIpc) is 2.52. The number of nitrogens with two attached hydrogens (primary N) is 1. The van der Waals surface area contributed by atoms with E-state index in [9.17, 15) is 13.2 Å². The van der Waals surface area contributed by atoms with E-state index in [0.29, 0.717) is 24.5 Å². The first-order valence-electron chi connectivity index (χ1n) is 8.50. The largest absolute Gasteiger partial charge is 0.416 e. The van der Waals surface area contributed by atoms with Gasteiger partial charge in [-0.05, 0) is 49.3 Å². The van der Waals surface area contributed by atoms with Gasteiger partial charge in [0.2, 0.25) is 0 Å². The quantitative estimate of drug-likeness (QED) is 0.650. The summed E-state index contributed by atoms with van der Waals surface area (Å²) in [6, 6.07) is 5.51. The zero-order chi connectivity index (χ0) is 17.7. The van der Waals surface area contributed by atoms with Crippen LogP contribution in [0.5, 0.6) is 0 Å². The van der Waals surface area contributed by atoms with Gasteiger partial charge < -0.3 is 10.6 Å². The van der Waals surface area contributed by atoms with Crippen molar-refractivity contribution < 1.29 is 13.2 Å². The van der Waals surface area contributed by atoms with E-state index in [1.54, 1.807) is 0 Å². The van der Waals surface area contributed by atoms with E-state index in [0.717, 1.165) is 43.5 Å². The van der Waals surface area contributed by atoms with Gasteiger partial charge in [-0.1, -0.05) is 26.0 Å². The van der Waals surface area contributed by atoms with Crippen molar-refractivity contribution in [2.75, 3.05) is 6.54 Å². The van der Waals surface area contributed by atoms with Crippen molar-refractivity contribution in [3.05, 3.63) is 35.4 Å². The molecule has 0 bridgehead atoms. The van der Waals surface area contributed by atoms with Crippen molar-refractivity contribution in [1.29, 1.82) is 0 Å². The third-order valence-electron chi connectivity index (χ3n) is 4.37. The summed E-state index contributed by atoms with van der Waals surface area (Å²) in [5, 5.41) is 0. The Morgan fingerprint density at radius 3 is 2.50 bits per heavy atom. The molecule has 6 heteroatoms. The maximum Gasteiger partial charge on any atom is 0.416 e. The lowest BCUT2D eigenvalue weighted by molar-refractivity contribution is -0.137. The van der Waals surface area contributed by atoms with Gasteiger partial charge in [0.25, 0.3) is 0 Å². The third-order valence-corrected chi connectivity index (χ3v) is 4.37. The van der Waals surface area contributed by atoms with Crippen LogP contribution in [0.2, 0.25) is 0 Å². The predicted molar refractivity (Wildman–Crippen MR) is 90.6 cm³/mol. The van der Waals surface area contributed by atoms with Crippen LogP contribution in [0.25, 0.3) is 0 Å². The fourth-order valence-electron chi connectivity index (χ4n) is 3.15. The van der Waals surface area contributed by atoms with E-state index in [-0.39, 0.29) is 0 Å². The van der Waals surface area contributed by atoms with Gasteiger partial charge in [0, 0.05) is 12.6 Å². The van der Waals surface area contributed by atoms with Crippen LogP contribution in [0.1, 0.15) is 50.7 Å². The molecule has 0 radical (unpaired) electrons. The molecule has 1 fully saturated rings. The molecule has 1 heterocycles. The molecule has 1 aromatic rings. The van der Waals surface area contributed by atoms with Crippen molar-refractivity contribution in [3.63, 3.8) is 0 Å². The molecule has 2 rings (SSSR count). The molecule has 1 aliphatic rings. The van der Waals surface area contributed by atoms with Gasteiger partial charge in [-0.3, -0.25) is 0 Å². The number of halogens is 3. The lowest BCUT2D eigenvalue weighted by atomic mass is 9.94. The maximum absolute atomic E-state index is 12.6. The summed E-state index contributed by atoms with van der Waals surface area (Å²) in [5.41, 5.74) is 6.24. The number of alkyl halides is 3. The van der Waals surface area contributed by atoms with Crippen molar-refractivity contribution in [2.24, 2.45) is 16.6 Å². The summed E-state index contributed by atoms with van der Waals surface area (Å²) in [4.78, 5) is 6.57. The van der Waals surface area contributed by atoms with E-state index < -0.39 is 11.7 Å². The highest BCUT2D eigenvalue weighted by atomic mass is 19.4. The van der Waals surface area contributed by atoms with Gasteiger partial charge >= 0.3 is 6.18 Å². The molecule has 2 N–H and O–H groups in total. The molecule has 1 saturated heterocycles. The van der Waals surface area contributed by atoms with Crippen LogP contribution < -0.4 is 5.73 Å². The topological polar surface area (TPSA) is 41.6 Å². The predicted octanol–water partition coefficient (Wildman–Crippen LogP) is 4.42. The van der Waals surface area contributed by atoms with Gasteiger partial charge in [0.15, 0.2) is 5.96 Å². The van der Waals surface area contributed by atoms with Gasteiger partial charge in [0.05, 0.1) is 12.1 Å². The van der Waals surface area contributed by atoms with Crippen LogP contribution in [-0.4, -0.2) is 23.4 Å². The number of benzene rings is 1. The molecule has 1 aliphatic heterocycles. The zero-order valence-corrected chi connectivity index (χ0v) is 14.3. The number of rotatable bonds is 4. The second kappa shape index (κ2) is 7.90. The lowest BCUT2D eigenvalue weighted by Gasteiger charge is -2.37. The molecule has 0 aromatic heterocycles. The number of hydrogen-bond donors (Lipinski definition) is 1. The number of piperidine rings is 1. The van der Waals surface area contributed by atoms with Crippen molar-refractivity contribution in [3.8, 4) is 0 Å². The van der Waals surface area contributed by atoms with Crippen molar-refractivity contribution in [1.82, 2.24) is 4.90 Å². The summed E-state index contributed by atoms with van der Waals surface area (Å²) in [7, 11) is 0. The minimum absolute atomic E-state index is 0.300. The second-order valence-electron chi connectivity index (χ2n) is 6.84. The van der Waals surface area contributed by atoms with Crippen LogP contribution in [0, 0.1) is 5.92 Å². The van der Waals surface area contributed by atoms with E-state index in [2.05, 4.69) is 23.7 Å². The van der Waals surface area contributed by atoms with E-state index in [1.165, 1.54) is 18.6 Å². The summed E-state index contributed by atoms with van der Waals surface area (Å²) < 4.78 is 37.7. The summed E-state index contributed by atoms with van der Waals surface area (Å²) in [5.74, 6) is 1.10. The minimum Gasteiger partial charge on any atom is -0.370 e. The van der Waals surface area contributed by atoms with Crippen LogP contribution in [0.3, 0.4) is 0 Å². The molecule has 1 atom stereocenters. The normalized spacial score (nSPS) is 19.8. The number of aliphatic imine (C=N–C) groups is 1. The molecule has 0 saturated carbocycles. The van der Waals surface area contributed by atoms with Gasteiger partial charge in [-0.2, -0.15) is 13.2 Å². The van der Waals surface area contributed by atoms with Crippen LogP contribution in [-0.2, 0) is 12.7 Å². The van der Waals surface area contributed by atoms with Gasteiger partial charge in [0.1, 0.15) is 0 Å². The highest BCUT2D eigenvalue weighted by Gasteiger charge is 2.30. The molecule has 0 aliphatic carbocycles. The fourth-order valence-corrected chi connectivity index (χ4v) is 3.15. The van der Waals surface area contributed by atoms with E-state index in [1.807, 2.05) is 0 Å². The Balaban J connectivity index is 2.01. The van der Waals surface area contributed by atoms with Crippen molar-refractivity contribution >= 4 is 5.96 Å². The Bertz CT molecular complexity index is 550. The van der Waals surface area contributed by atoms with E-state index in [4.69, 9.17) is 5.73 Å². The molecular weight excluding hydrogens is 315 g/mol. The first-order chi connectivity index (χ1) is 11.3. The molecule has 1 unspecified atom stereocenters. The molecule has 24 heavy (non-hydrogen) atoms.